The van der Waals surface area contributed by atoms with Crippen LogP contribution in [0.3, 0.4) is 0 Å². The molecule has 0 aliphatic heterocycles. The molecule has 0 spiro atoms. The molecule has 4 heteroatoms. The van der Waals surface area contributed by atoms with Crippen LogP contribution in [0.15, 0.2) is 40.9 Å². The zero-order valence-corrected chi connectivity index (χ0v) is 13.8. The topological polar surface area (TPSA) is 35.2 Å². The molecule has 1 unspecified atom stereocenters. The van der Waals surface area contributed by atoms with Gasteiger partial charge < -0.3 is 10.5 Å². The molecular formula is C17H19BrFNO. The normalized spacial score (nSPS) is 12.2. The summed E-state index contributed by atoms with van der Waals surface area (Å²) in [7, 11) is 0. The molecule has 0 bridgehead atoms. The highest BCUT2D eigenvalue weighted by atomic mass is 79.9. The van der Waals surface area contributed by atoms with Crippen molar-refractivity contribution in [3.05, 3.63) is 57.8 Å². The molecule has 0 aliphatic rings. The van der Waals surface area contributed by atoms with Crippen molar-refractivity contribution < 1.29 is 9.13 Å². The number of rotatable bonds is 5. The summed E-state index contributed by atoms with van der Waals surface area (Å²) in [6.45, 7) is 4.13. The van der Waals surface area contributed by atoms with Gasteiger partial charge in [0.25, 0.3) is 0 Å². The average Bonchev–Trinajstić information content (AvgIpc) is 2.44. The minimum atomic E-state index is -0.297. The lowest BCUT2D eigenvalue weighted by molar-refractivity contribution is 0.476. The van der Waals surface area contributed by atoms with Crippen molar-refractivity contribution in [3.8, 4) is 11.5 Å². The Hall–Kier alpha value is -1.39. The third kappa shape index (κ3) is 4.29. The van der Waals surface area contributed by atoms with E-state index in [1.807, 2.05) is 25.1 Å². The van der Waals surface area contributed by atoms with Crippen LogP contribution in [-0.2, 0) is 6.42 Å². The molecule has 21 heavy (non-hydrogen) atoms. The highest BCUT2D eigenvalue weighted by Crippen LogP contribution is 2.31. The van der Waals surface area contributed by atoms with E-state index in [1.165, 1.54) is 17.7 Å². The van der Waals surface area contributed by atoms with Crippen LogP contribution in [0.4, 0.5) is 4.39 Å². The first-order valence-electron chi connectivity index (χ1n) is 6.97. The Kier molecular flexibility index (Phi) is 5.37. The van der Waals surface area contributed by atoms with Gasteiger partial charge in [0.2, 0.25) is 0 Å². The zero-order chi connectivity index (χ0) is 15.4. The third-order valence-electron chi connectivity index (χ3n) is 3.44. The Bertz CT molecular complexity index is 630. The minimum absolute atomic E-state index is 0.182. The number of hydrogen-bond donors (Lipinski definition) is 1. The number of nitrogens with two attached hydrogens (primary N) is 1. The second-order valence-electron chi connectivity index (χ2n) is 5.14. The van der Waals surface area contributed by atoms with Crippen molar-refractivity contribution in [1.82, 2.24) is 0 Å². The largest absolute Gasteiger partial charge is 0.456 e. The van der Waals surface area contributed by atoms with E-state index in [4.69, 9.17) is 10.5 Å². The average molecular weight is 352 g/mol. The maximum absolute atomic E-state index is 13.1. The van der Waals surface area contributed by atoms with Crippen LogP contribution in [0.5, 0.6) is 11.5 Å². The van der Waals surface area contributed by atoms with Gasteiger partial charge in [0, 0.05) is 6.04 Å². The number of aryl methyl sites for hydroxylation is 1. The Balaban J connectivity index is 2.16. The third-order valence-corrected chi connectivity index (χ3v) is 4.06. The fourth-order valence-electron chi connectivity index (χ4n) is 2.07. The maximum Gasteiger partial charge on any atom is 0.141 e. The van der Waals surface area contributed by atoms with Gasteiger partial charge in [0.05, 0.1) is 4.47 Å². The van der Waals surface area contributed by atoms with Crippen molar-refractivity contribution >= 4 is 15.9 Å². The standard InChI is InChI=1S/C17H19BrFNO/c1-3-14(20)9-12-4-6-15(8-11(12)2)21-17-7-5-13(19)10-16(17)18/h4-8,10,14H,3,9,20H2,1-2H3. The van der Waals surface area contributed by atoms with Gasteiger partial charge in [-0.15, -0.1) is 0 Å². The van der Waals surface area contributed by atoms with E-state index in [0.717, 1.165) is 24.2 Å². The maximum atomic E-state index is 13.1. The van der Waals surface area contributed by atoms with Crippen LogP contribution in [-0.4, -0.2) is 6.04 Å². The molecule has 2 nitrogen and oxygen atoms in total. The van der Waals surface area contributed by atoms with Gasteiger partial charge in [-0.3, -0.25) is 0 Å². The first kappa shape index (κ1) is 16.0. The van der Waals surface area contributed by atoms with Crippen LogP contribution in [0, 0.1) is 12.7 Å². The number of benzene rings is 2. The van der Waals surface area contributed by atoms with Gasteiger partial charge in [-0.1, -0.05) is 13.0 Å². The fraction of sp³-hybridized carbons (Fsp3) is 0.294. The van der Waals surface area contributed by atoms with Gasteiger partial charge in [-0.25, -0.2) is 4.39 Å². The van der Waals surface area contributed by atoms with E-state index >= 15 is 0 Å². The number of halogens is 2. The van der Waals surface area contributed by atoms with Gasteiger partial charge in [0.1, 0.15) is 17.3 Å². The summed E-state index contributed by atoms with van der Waals surface area (Å²) in [6.07, 6.45) is 1.82. The van der Waals surface area contributed by atoms with Crippen LogP contribution >= 0.6 is 15.9 Å². The number of hydrogen-bond acceptors (Lipinski definition) is 2. The zero-order valence-electron chi connectivity index (χ0n) is 12.2. The molecule has 1 atom stereocenters. The van der Waals surface area contributed by atoms with Crippen LogP contribution < -0.4 is 10.5 Å². The van der Waals surface area contributed by atoms with Crippen molar-refractivity contribution in [3.63, 3.8) is 0 Å². The molecule has 0 fully saturated rings. The van der Waals surface area contributed by atoms with Crippen LogP contribution in [0.1, 0.15) is 24.5 Å². The highest BCUT2D eigenvalue weighted by Gasteiger charge is 2.08. The Labute approximate surface area is 133 Å². The van der Waals surface area contributed by atoms with Crippen molar-refractivity contribution in [1.29, 1.82) is 0 Å². The molecule has 0 aliphatic carbocycles. The van der Waals surface area contributed by atoms with E-state index < -0.39 is 0 Å². The van der Waals surface area contributed by atoms with E-state index in [0.29, 0.717) is 10.2 Å². The van der Waals surface area contributed by atoms with E-state index in [2.05, 4.69) is 22.9 Å². The molecule has 0 amide bonds. The lowest BCUT2D eigenvalue weighted by atomic mass is 10.00. The summed E-state index contributed by atoms with van der Waals surface area (Å²) in [5.41, 5.74) is 8.38. The molecule has 2 aromatic rings. The van der Waals surface area contributed by atoms with Gasteiger partial charge in [-0.2, -0.15) is 0 Å². The van der Waals surface area contributed by atoms with Gasteiger partial charge >= 0.3 is 0 Å². The predicted octanol–water partition coefficient (Wildman–Crippen LogP) is 4.97. The van der Waals surface area contributed by atoms with Gasteiger partial charge in [0.15, 0.2) is 0 Å². The Morgan fingerprint density at radius 3 is 2.62 bits per heavy atom. The Morgan fingerprint density at radius 1 is 1.24 bits per heavy atom. The SMILES string of the molecule is CCC(N)Cc1ccc(Oc2ccc(F)cc2Br)cc1C. The summed E-state index contributed by atoms with van der Waals surface area (Å²) < 4.78 is 19.4. The monoisotopic (exact) mass is 351 g/mol. The summed E-state index contributed by atoms with van der Waals surface area (Å²) in [4.78, 5) is 0. The molecule has 0 saturated carbocycles. The van der Waals surface area contributed by atoms with E-state index in [-0.39, 0.29) is 11.9 Å². The molecule has 0 saturated heterocycles. The van der Waals surface area contributed by atoms with E-state index in [1.54, 1.807) is 6.07 Å². The highest BCUT2D eigenvalue weighted by molar-refractivity contribution is 9.10. The van der Waals surface area contributed by atoms with Crippen molar-refractivity contribution in [2.24, 2.45) is 5.73 Å². The quantitative estimate of drug-likeness (QED) is 0.825. The van der Waals surface area contributed by atoms with Crippen molar-refractivity contribution in [2.45, 2.75) is 32.7 Å². The molecule has 0 heterocycles. The van der Waals surface area contributed by atoms with Gasteiger partial charge in [-0.05, 0) is 77.2 Å². The lowest BCUT2D eigenvalue weighted by Gasteiger charge is -2.13. The molecule has 2 aromatic carbocycles. The molecule has 0 radical (unpaired) electrons. The first-order valence-corrected chi connectivity index (χ1v) is 7.77. The molecule has 2 N–H and O–H groups in total. The first-order chi connectivity index (χ1) is 9.99. The predicted molar refractivity (Wildman–Crippen MR) is 87.3 cm³/mol. The summed E-state index contributed by atoms with van der Waals surface area (Å²) in [5.74, 6) is 1.02. The second kappa shape index (κ2) is 7.05. The second-order valence-corrected chi connectivity index (χ2v) is 5.99. The van der Waals surface area contributed by atoms with E-state index in [9.17, 15) is 4.39 Å². The van der Waals surface area contributed by atoms with Crippen LogP contribution in [0.25, 0.3) is 0 Å². The van der Waals surface area contributed by atoms with Crippen LogP contribution in [0.2, 0.25) is 0 Å². The van der Waals surface area contributed by atoms with Crippen molar-refractivity contribution in [2.75, 3.05) is 0 Å². The smallest absolute Gasteiger partial charge is 0.141 e. The molecular weight excluding hydrogens is 333 g/mol. The molecule has 0 aromatic heterocycles. The number of ether oxygens (including phenoxy) is 1. The minimum Gasteiger partial charge on any atom is -0.456 e. The fourth-order valence-corrected chi connectivity index (χ4v) is 2.50. The molecule has 2 rings (SSSR count). The lowest BCUT2D eigenvalue weighted by Crippen LogP contribution is -2.21. The summed E-state index contributed by atoms with van der Waals surface area (Å²) >= 11 is 3.30. The Morgan fingerprint density at radius 2 is 2.00 bits per heavy atom. The molecule has 112 valence electrons. The summed E-state index contributed by atoms with van der Waals surface area (Å²) in [6, 6.07) is 10.5. The summed E-state index contributed by atoms with van der Waals surface area (Å²) in [5, 5.41) is 0.